The van der Waals surface area contributed by atoms with Crippen LogP contribution in [-0.4, -0.2) is 4.98 Å². The summed E-state index contributed by atoms with van der Waals surface area (Å²) >= 11 is 0. The Bertz CT molecular complexity index is 3190. The quantitative estimate of drug-likeness (QED) is 0.182. The summed E-state index contributed by atoms with van der Waals surface area (Å²) in [5.41, 5.74) is 9.84. The number of furan rings is 1. The number of para-hydroxylation sites is 2. The van der Waals surface area contributed by atoms with E-state index in [1.807, 2.05) is 12.1 Å². The van der Waals surface area contributed by atoms with Crippen molar-refractivity contribution < 1.29 is 8.83 Å². The molecule has 0 amide bonds. The summed E-state index contributed by atoms with van der Waals surface area (Å²) in [6.07, 6.45) is 0. The fourth-order valence-electron chi connectivity index (χ4n) is 7.93. The Labute approximate surface area is 304 Å². The Morgan fingerprint density at radius 1 is 0.377 bits per heavy atom. The maximum atomic E-state index is 6.39. The smallest absolute Gasteiger partial charge is 0.227 e. The second-order valence-electron chi connectivity index (χ2n) is 13.6. The molecule has 4 heteroatoms. The van der Waals surface area contributed by atoms with Crippen molar-refractivity contribution in [2.75, 3.05) is 4.90 Å². The SMILES string of the molecule is c1ccc(N(c2ccc3oc4ccccc4c3c2)c2cc(-c3cccc4c3ccc3oc(-c5ccc6ccccc6c5)nc34)cc3ccccc23)cc1. The molecule has 0 aliphatic rings. The van der Waals surface area contributed by atoms with E-state index in [1.54, 1.807) is 0 Å². The minimum atomic E-state index is 0.623. The van der Waals surface area contributed by atoms with Gasteiger partial charge in [0.2, 0.25) is 5.89 Å². The Hall–Kier alpha value is -7.17. The molecule has 0 spiro atoms. The number of aromatic nitrogens is 1. The lowest BCUT2D eigenvalue weighted by Crippen LogP contribution is -2.10. The third-order valence-corrected chi connectivity index (χ3v) is 10.4. The Morgan fingerprint density at radius 2 is 1.09 bits per heavy atom. The third-order valence-electron chi connectivity index (χ3n) is 10.4. The summed E-state index contributed by atoms with van der Waals surface area (Å²) in [6.45, 7) is 0. The highest BCUT2D eigenvalue weighted by molar-refractivity contribution is 6.12. The number of fused-ring (bicyclic) bond motifs is 8. The summed E-state index contributed by atoms with van der Waals surface area (Å²) in [5.74, 6) is 0.623. The van der Waals surface area contributed by atoms with Gasteiger partial charge in [-0.2, -0.15) is 0 Å². The molecule has 0 bridgehead atoms. The molecule has 2 heterocycles. The zero-order chi connectivity index (χ0) is 34.9. The molecule has 53 heavy (non-hydrogen) atoms. The normalized spacial score (nSPS) is 11.8. The highest BCUT2D eigenvalue weighted by Gasteiger charge is 2.20. The van der Waals surface area contributed by atoms with Gasteiger partial charge in [-0.3, -0.25) is 0 Å². The minimum Gasteiger partial charge on any atom is -0.456 e. The van der Waals surface area contributed by atoms with Crippen LogP contribution in [0.4, 0.5) is 17.1 Å². The first-order chi connectivity index (χ1) is 26.2. The van der Waals surface area contributed by atoms with Gasteiger partial charge in [0.15, 0.2) is 5.58 Å². The molecule has 4 nitrogen and oxygen atoms in total. The van der Waals surface area contributed by atoms with Crippen LogP contribution in [-0.2, 0) is 0 Å². The molecule has 248 valence electrons. The fraction of sp³-hybridized carbons (Fsp3) is 0. The molecule has 11 rings (SSSR count). The van der Waals surface area contributed by atoms with Gasteiger partial charge >= 0.3 is 0 Å². The lowest BCUT2D eigenvalue weighted by atomic mass is 9.94. The number of oxazole rings is 1. The van der Waals surface area contributed by atoms with E-state index in [0.717, 1.165) is 93.7 Å². The summed E-state index contributed by atoms with van der Waals surface area (Å²) in [5, 5.41) is 9.06. The molecule has 0 N–H and O–H groups in total. The van der Waals surface area contributed by atoms with Crippen LogP contribution in [0.15, 0.2) is 191 Å². The topological polar surface area (TPSA) is 42.4 Å². The number of rotatable bonds is 5. The van der Waals surface area contributed by atoms with Crippen molar-refractivity contribution in [3.8, 4) is 22.6 Å². The molecular weight excluding hydrogens is 649 g/mol. The molecule has 0 radical (unpaired) electrons. The first-order valence-corrected chi connectivity index (χ1v) is 17.9. The van der Waals surface area contributed by atoms with Crippen molar-refractivity contribution in [3.05, 3.63) is 182 Å². The second-order valence-corrected chi connectivity index (χ2v) is 13.6. The zero-order valence-corrected chi connectivity index (χ0v) is 28.5. The maximum Gasteiger partial charge on any atom is 0.227 e. The summed E-state index contributed by atoms with van der Waals surface area (Å²) < 4.78 is 12.6. The Balaban J connectivity index is 1.11. The van der Waals surface area contributed by atoms with E-state index in [9.17, 15) is 0 Å². The van der Waals surface area contributed by atoms with Crippen LogP contribution in [0.5, 0.6) is 0 Å². The van der Waals surface area contributed by atoms with E-state index >= 15 is 0 Å². The lowest BCUT2D eigenvalue weighted by molar-refractivity contribution is 0.620. The molecular formula is C49H30N2O2. The molecule has 0 unspecified atom stereocenters. The van der Waals surface area contributed by atoms with Gasteiger partial charge in [0.1, 0.15) is 16.7 Å². The standard InChI is InChI=1S/C49H30N2O2/c1-2-14-36(15-3-1)51(37-23-25-46-43(30-37)41-17-8-9-20-45(41)52-46)44-29-35(28-33-13-6-7-16-39(33)44)38-18-10-19-42-40(38)24-26-47-48(42)50-49(53-47)34-22-21-31-11-4-5-12-32(31)27-34/h1-30H. The van der Waals surface area contributed by atoms with Gasteiger partial charge in [0.25, 0.3) is 0 Å². The maximum absolute atomic E-state index is 6.39. The van der Waals surface area contributed by atoms with Gasteiger partial charge in [-0.1, -0.05) is 109 Å². The van der Waals surface area contributed by atoms with Crippen LogP contribution < -0.4 is 4.90 Å². The zero-order valence-electron chi connectivity index (χ0n) is 28.5. The predicted molar refractivity (Wildman–Crippen MR) is 219 cm³/mol. The predicted octanol–water partition coefficient (Wildman–Crippen LogP) is 14.0. The lowest BCUT2D eigenvalue weighted by Gasteiger charge is -2.28. The summed E-state index contributed by atoms with van der Waals surface area (Å²) in [4.78, 5) is 7.45. The number of anilines is 3. The molecule has 11 aromatic rings. The average molecular weight is 679 g/mol. The second kappa shape index (κ2) is 11.7. The number of hydrogen-bond donors (Lipinski definition) is 0. The molecule has 0 saturated carbocycles. The van der Waals surface area contributed by atoms with Crippen LogP contribution in [0.2, 0.25) is 0 Å². The number of nitrogens with zero attached hydrogens (tertiary/aromatic N) is 2. The van der Waals surface area contributed by atoms with Gasteiger partial charge in [-0.05, 0) is 105 Å². The van der Waals surface area contributed by atoms with Crippen LogP contribution in [0.3, 0.4) is 0 Å². The van der Waals surface area contributed by atoms with E-state index in [2.05, 4.69) is 175 Å². The first-order valence-electron chi connectivity index (χ1n) is 17.9. The van der Waals surface area contributed by atoms with E-state index in [0.29, 0.717) is 5.89 Å². The van der Waals surface area contributed by atoms with Crippen molar-refractivity contribution in [2.24, 2.45) is 0 Å². The Morgan fingerprint density at radius 3 is 2.00 bits per heavy atom. The molecule has 0 aliphatic carbocycles. The summed E-state index contributed by atoms with van der Waals surface area (Å²) in [7, 11) is 0. The molecule has 0 saturated heterocycles. The molecule has 0 fully saturated rings. The van der Waals surface area contributed by atoms with E-state index < -0.39 is 0 Å². The van der Waals surface area contributed by atoms with Crippen molar-refractivity contribution in [2.45, 2.75) is 0 Å². The average Bonchev–Trinajstić information content (AvgIpc) is 3.83. The van der Waals surface area contributed by atoms with E-state index in [1.165, 1.54) is 5.39 Å². The van der Waals surface area contributed by atoms with Gasteiger partial charge in [0, 0.05) is 38.5 Å². The highest BCUT2D eigenvalue weighted by atomic mass is 16.3. The van der Waals surface area contributed by atoms with Gasteiger partial charge in [0.05, 0.1) is 5.69 Å². The largest absolute Gasteiger partial charge is 0.456 e. The van der Waals surface area contributed by atoms with Crippen molar-refractivity contribution >= 4 is 82.4 Å². The van der Waals surface area contributed by atoms with Gasteiger partial charge in [-0.25, -0.2) is 4.98 Å². The van der Waals surface area contributed by atoms with E-state index in [-0.39, 0.29) is 0 Å². The van der Waals surface area contributed by atoms with Crippen LogP contribution in [0.25, 0.3) is 87.9 Å². The first kappa shape index (κ1) is 29.5. The van der Waals surface area contributed by atoms with Crippen molar-refractivity contribution in [3.63, 3.8) is 0 Å². The van der Waals surface area contributed by atoms with Gasteiger partial charge < -0.3 is 13.7 Å². The van der Waals surface area contributed by atoms with Crippen LogP contribution in [0, 0.1) is 0 Å². The molecule has 9 aromatic carbocycles. The minimum absolute atomic E-state index is 0.623. The third kappa shape index (κ3) is 4.80. The number of hydrogen-bond acceptors (Lipinski definition) is 4. The number of benzene rings is 9. The molecule has 0 aliphatic heterocycles. The van der Waals surface area contributed by atoms with Crippen molar-refractivity contribution in [1.29, 1.82) is 0 Å². The highest BCUT2D eigenvalue weighted by Crippen LogP contribution is 2.44. The van der Waals surface area contributed by atoms with E-state index in [4.69, 9.17) is 13.8 Å². The van der Waals surface area contributed by atoms with Crippen molar-refractivity contribution in [1.82, 2.24) is 4.98 Å². The summed E-state index contributed by atoms with van der Waals surface area (Å²) in [6, 6.07) is 64.1. The molecule has 0 atom stereocenters. The molecule has 2 aromatic heterocycles. The van der Waals surface area contributed by atoms with Crippen LogP contribution in [0.1, 0.15) is 0 Å². The van der Waals surface area contributed by atoms with Crippen LogP contribution >= 0.6 is 0 Å². The fourth-order valence-corrected chi connectivity index (χ4v) is 7.93. The Kier molecular flexibility index (Phi) is 6.52. The monoisotopic (exact) mass is 678 g/mol. The van der Waals surface area contributed by atoms with Gasteiger partial charge in [-0.15, -0.1) is 0 Å².